The maximum absolute atomic E-state index is 12.1. The van der Waals surface area contributed by atoms with E-state index in [1.807, 2.05) is 0 Å². The van der Waals surface area contributed by atoms with Crippen LogP contribution in [0.3, 0.4) is 0 Å². The highest BCUT2D eigenvalue weighted by molar-refractivity contribution is 5.94. The van der Waals surface area contributed by atoms with Crippen LogP contribution >= 0.6 is 0 Å². The lowest BCUT2D eigenvalue weighted by Gasteiger charge is -2.07. The summed E-state index contributed by atoms with van der Waals surface area (Å²) in [4.78, 5) is 38.1. The average Bonchev–Trinajstić information content (AvgIpc) is 3.16. The van der Waals surface area contributed by atoms with E-state index in [-0.39, 0.29) is 17.0 Å². The molecule has 0 atom stereocenters. The van der Waals surface area contributed by atoms with Crippen molar-refractivity contribution in [3.8, 4) is 0 Å². The van der Waals surface area contributed by atoms with Crippen LogP contribution in [0, 0.1) is 6.92 Å². The molecule has 110 valence electrons. The van der Waals surface area contributed by atoms with Crippen LogP contribution in [0.4, 0.5) is 0 Å². The minimum atomic E-state index is -0.386. The van der Waals surface area contributed by atoms with Crippen molar-refractivity contribution in [2.75, 3.05) is 6.54 Å². The molecule has 21 heavy (non-hydrogen) atoms. The monoisotopic (exact) mass is 287 g/mol. The average molecular weight is 287 g/mol. The Morgan fingerprint density at radius 1 is 1.48 bits per heavy atom. The molecule has 0 bridgehead atoms. The summed E-state index contributed by atoms with van der Waals surface area (Å²) in [5.74, 6) is 0.670. The van der Waals surface area contributed by atoms with Crippen LogP contribution in [0.1, 0.15) is 46.3 Å². The lowest BCUT2D eigenvalue weighted by atomic mass is 10.2. The zero-order valence-electron chi connectivity index (χ0n) is 11.8. The van der Waals surface area contributed by atoms with Crippen LogP contribution < -0.4 is 10.9 Å². The minimum Gasteiger partial charge on any atom is -0.351 e. The zero-order chi connectivity index (χ0) is 14.8. The Balaban J connectivity index is 1.67. The summed E-state index contributed by atoms with van der Waals surface area (Å²) in [6.45, 7) is 2.13. The van der Waals surface area contributed by atoms with Gasteiger partial charge in [0.1, 0.15) is 11.4 Å². The van der Waals surface area contributed by atoms with E-state index in [1.165, 1.54) is 0 Å². The van der Waals surface area contributed by atoms with Crippen LogP contribution in [-0.4, -0.2) is 32.4 Å². The number of aromatic nitrogens is 4. The van der Waals surface area contributed by atoms with E-state index in [1.54, 1.807) is 19.4 Å². The Hall–Kier alpha value is -2.44. The summed E-state index contributed by atoms with van der Waals surface area (Å²) in [7, 11) is 0. The second-order valence-corrected chi connectivity index (χ2v) is 5.27. The first-order valence-electron chi connectivity index (χ1n) is 7.01. The third kappa shape index (κ3) is 3.01. The number of imidazole rings is 1. The van der Waals surface area contributed by atoms with Gasteiger partial charge < -0.3 is 15.3 Å². The highest BCUT2D eigenvalue weighted by atomic mass is 16.2. The highest BCUT2D eigenvalue weighted by Crippen LogP contribution is 2.37. The molecule has 2 aromatic heterocycles. The van der Waals surface area contributed by atoms with Crippen molar-refractivity contribution in [3.05, 3.63) is 45.7 Å². The minimum absolute atomic E-state index is 0.101. The Morgan fingerprint density at radius 2 is 2.29 bits per heavy atom. The smallest absolute Gasteiger partial charge is 0.264 e. The van der Waals surface area contributed by atoms with Crippen molar-refractivity contribution in [1.29, 1.82) is 0 Å². The van der Waals surface area contributed by atoms with Crippen molar-refractivity contribution >= 4 is 5.91 Å². The molecule has 3 N–H and O–H groups in total. The van der Waals surface area contributed by atoms with E-state index in [0.29, 0.717) is 30.4 Å². The largest absolute Gasteiger partial charge is 0.351 e. The SMILES string of the molecule is Cc1nc(C2CC2)[nH]c(=O)c1C(=O)NCCc1cnc[nH]1. The number of rotatable bonds is 5. The van der Waals surface area contributed by atoms with E-state index in [2.05, 4.69) is 25.3 Å². The second-order valence-electron chi connectivity index (χ2n) is 5.27. The molecule has 1 amide bonds. The molecule has 0 aromatic carbocycles. The normalized spacial score (nSPS) is 14.1. The molecule has 7 nitrogen and oxygen atoms in total. The Labute approximate surface area is 121 Å². The third-order valence-corrected chi connectivity index (χ3v) is 3.54. The van der Waals surface area contributed by atoms with Gasteiger partial charge in [-0.2, -0.15) is 0 Å². The molecule has 1 fully saturated rings. The van der Waals surface area contributed by atoms with Crippen molar-refractivity contribution in [2.45, 2.75) is 32.1 Å². The zero-order valence-corrected chi connectivity index (χ0v) is 11.8. The molecule has 1 saturated carbocycles. The van der Waals surface area contributed by atoms with Gasteiger partial charge in [-0.3, -0.25) is 9.59 Å². The van der Waals surface area contributed by atoms with E-state index >= 15 is 0 Å². The van der Waals surface area contributed by atoms with E-state index < -0.39 is 0 Å². The molecule has 0 saturated heterocycles. The Bertz CT molecular complexity index is 701. The van der Waals surface area contributed by atoms with Crippen LogP contribution in [0.2, 0.25) is 0 Å². The summed E-state index contributed by atoms with van der Waals surface area (Å²) in [5.41, 5.74) is 1.16. The summed E-state index contributed by atoms with van der Waals surface area (Å²) in [5, 5.41) is 2.74. The van der Waals surface area contributed by atoms with Gasteiger partial charge in [-0.25, -0.2) is 9.97 Å². The number of hydrogen-bond donors (Lipinski definition) is 3. The molecule has 0 spiro atoms. The molecule has 1 aliphatic carbocycles. The molecule has 7 heteroatoms. The maximum Gasteiger partial charge on any atom is 0.264 e. The molecule has 3 rings (SSSR count). The molecular formula is C14H17N5O2. The Morgan fingerprint density at radius 3 is 2.90 bits per heavy atom. The number of nitrogens with one attached hydrogen (secondary N) is 3. The van der Waals surface area contributed by atoms with E-state index in [9.17, 15) is 9.59 Å². The van der Waals surface area contributed by atoms with Gasteiger partial charge in [-0.1, -0.05) is 0 Å². The number of hydrogen-bond acceptors (Lipinski definition) is 4. The van der Waals surface area contributed by atoms with E-state index in [4.69, 9.17) is 0 Å². The van der Waals surface area contributed by atoms with Gasteiger partial charge in [0.25, 0.3) is 11.5 Å². The first-order chi connectivity index (χ1) is 10.1. The number of aryl methyl sites for hydroxylation is 1. The van der Waals surface area contributed by atoms with Crippen molar-refractivity contribution in [3.63, 3.8) is 0 Å². The summed E-state index contributed by atoms with van der Waals surface area (Å²) in [6.07, 6.45) is 6.04. The lowest BCUT2D eigenvalue weighted by molar-refractivity contribution is 0.0951. The topological polar surface area (TPSA) is 104 Å². The van der Waals surface area contributed by atoms with Crippen molar-refractivity contribution in [1.82, 2.24) is 25.3 Å². The molecule has 0 aliphatic heterocycles. The fraction of sp³-hybridized carbons (Fsp3) is 0.429. The predicted octanol–water partition coefficient (Wildman–Crippen LogP) is 0.651. The molecule has 2 aromatic rings. The number of aromatic amines is 2. The fourth-order valence-electron chi connectivity index (χ4n) is 2.25. The molecular weight excluding hydrogens is 270 g/mol. The highest BCUT2D eigenvalue weighted by Gasteiger charge is 2.27. The van der Waals surface area contributed by atoms with Gasteiger partial charge in [0.2, 0.25) is 0 Å². The summed E-state index contributed by atoms with van der Waals surface area (Å²) in [6, 6.07) is 0. The van der Waals surface area contributed by atoms with Crippen LogP contribution in [0.25, 0.3) is 0 Å². The number of amides is 1. The van der Waals surface area contributed by atoms with Crippen molar-refractivity contribution < 1.29 is 4.79 Å². The van der Waals surface area contributed by atoms with Gasteiger partial charge in [-0.05, 0) is 19.8 Å². The molecule has 1 aliphatic rings. The maximum atomic E-state index is 12.1. The van der Waals surface area contributed by atoms with Gasteiger partial charge in [-0.15, -0.1) is 0 Å². The van der Waals surface area contributed by atoms with Gasteiger partial charge in [0.15, 0.2) is 0 Å². The summed E-state index contributed by atoms with van der Waals surface area (Å²) >= 11 is 0. The van der Waals surface area contributed by atoms with Gasteiger partial charge in [0.05, 0.1) is 12.0 Å². The first kappa shape index (κ1) is 13.5. The van der Waals surface area contributed by atoms with Crippen LogP contribution in [0.15, 0.2) is 17.3 Å². The van der Waals surface area contributed by atoms with Crippen LogP contribution in [0.5, 0.6) is 0 Å². The molecule has 0 radical (unpaired) electrons. The number of H-pyrrole nitrogens is 2. The third-order valence-electron chi connectivity index (χ3n) is 3.54. The quantitative estimate of drug-likeness (QED) is 0.751. The molecule has 2 heterocycles. The lowest BCUT2D eigenvalue weighted by Crippen LogP contribution is -2.33. The van der Waals surface area contributed by atoms with Gasteiger partial charge >= 0.3 is 0 Å². The van der Waals surface area contributed by atoms with Crippen LogP contribution in [-0.2, 0) is 6.42 Å². The first-order valence-corrected chi connectivity index (χ1v) is 7.01. The number of nitrogens with zero attached hydrogens (tertiary/aromatic N) is 2. The molecule has 0 unspecified atom stereocenters. The summed E-state index contributed by atoms with van der Waals surface area (Å²) < 4.78 is 0. The van der Waals surface area contributed by atoms with Gasteiger partial charge in [0, 0.05) is 30.8 Å². The number of carbonyl (C=O) groups is 1. The standard InChI is InChI=1S/C14H17N5O2/c1-8-11(14(21)19-12(18-8)9-2-3-9)13(20)16-5-4-10-6-15-7-17-10/h6-7,9H,2-5H2,1H3,(H,15,17)(H,16,20)(H,18,19,21). The van der Waals surface area contributed by atoms with E-state index in [0.717, 1.165) is 18.5 Å². The van der Waals surface area contributed by atoms with Crippen molar-refractivity contribution in [2.24, 2.45) is 0 Å². The fourth-order valence-corrected chi connectivity index (χ4v) is 2.25. The number of carbonyl (C=O) groups excluding carboxylic acids is 1. The Kier molecular flexibility index (Phi) is 3.55. The second kappa shape index (κ2) is 5.51. The predicted molar refractivity (Wildman–Crippen MR) is 76.2 cm³/mol.